The summed E-state index contributed by atoms with van der Waals surface area (Å²) < 4.78 is 1.87. The van der Waals surface area contributed by atoms with Gasteiger partial charge in [0.25, 0.3) is 0 Å². The van der Waals surface area contributed by atoms with Crippen molar-refractivity contribution in [2.75, 3.05) is 5.32 Å². The first-order valence-electron chi connectivity index (χ1n) is 9.53. The Balaban J connectivity index is 1.81. The zero-order valence-corrected chi connectivity index (χ0v) is 16.1. The number of hydrogen-bond donors (Lipinski definition) is 1. The number of nitrogens with one attached hydrogen (secondary N) is 1. The normalized spacial score (nSPS) is 11.4. The first kappa shape index (κ1) is 17.9. The molecule has 5 nitrogen and oxygen atoms in total. The molecule has 28 heavy (non-hydrogen) atoms. The Bertz CT molecular complexity index is 1100. The Labute approximate surface area is 164 Å². The van der Waals surface area contributed by atoms with E-state index in [-0.39, 0.29) is 0 Å². The van der Waals surface area contributed by atoms with Gasteiger partial charge in [0, 0.05) is 12.7 Å². The van der Waals surface area contributed by atoms with Gasteiger partial charge in [-0.25, -0.2) is 9.97 Å². The molecule has 4 rings (SSSR count). The van der Waals surface area contributed by atoms with E-state index in [0.717, 1.165) is 46.6 Å². The van der Waals surface area contributed by atoms with Crippen molar-refractivity contribution in [2.24, 2.45) is 7.05 Å². The van der Waals surface area contributed by atoms with Crippen molar-refractivity contribution in [3.8, 4) is 0 Å². The third-order valence-corrected chi connectivity index (χ3v) is 4.52. The van der Waals surface area contributed by atoms with Gasteiger partial charge in [0.15, 0.2) is 11.6 Å². The van der Waals surface area contributed by atoms with Crippen LogP contribution in [-0.4, -0.2) is 19.7 Å². The molecule has 0 saturated heterocycles. The summed E-state index contributed by atoms with van der Waals surface area (Å²) in [6.07, 6.45) is 5.89. The molecule has 0 aliphatic carbocycles. The predicted octanol–water partition coefficient (Wildman–Crippen LogP) is 5.23. The molecule has 0 amide bonds. The van der Waals surface area contributed by atoms with Gasteiger partial charge in [-0.3, -0.25) is 4.68 Å². The number of benzene rings is 2. The van der Waals surface area contributed by atoms with Crippen molar-refractivity contribution in [1.82, 2.24) is 19.7 Å². The van der Waals surface area contributed by atoms with Crippen LogP contribution in [0, 0.1) is 0 Å². The molecule has 1 N–H and O–H groups in total. The minimum Gasteiger partial charge on any atom is -0.338 e. The van der Waals surface area contributed by atoms with Gasteiger partial charge in [-0.1, -0.05) is 68.0 Å². The molecule has 4 aromatic rings. The van der Waals surface area contributed by atoms with E-state index >= 15 is 0 Å². The van der Waals surface area contributed by atoms with Crippen LogP contribution in [0.15, 0.2) is 60.7 Å². The SMILES string of the molecule is CCCc1nn(C)c2c(Nc3ccccc3)nc(/C=C/c3ccccc3)nc12. The van der Waals surface area contributed by atoms with Crippen LogP contribution in [0.2, 0.25) is 0 Å². The van der Waals surface area contributed by atoms with E-state index in [0.29, 0.717) is 5.82 Å². The quantitative estimate of drug-likeness (QED) is 0.506. The number of fused-ring (bicyclic) bond motifs is 1. The largest absolute Gasteiger partial charge is 0.338 e. The summed E-state index contributed by atoms with van der Waals surface area (Å²) in [5.41, 5.74) is 4.94. The van der Waals surface area contributed by atoms with E-state index < -0.39 is 0 Å². The second kappa shape index (κ2) is 8.05. The van der Waals surface area contributed by atoms with Crippen LogP contribution in [0.3, 0.4) is 0 Å². The van der Waals surface area contributed by atoms with Crippen LogP contribution in [0.5, 0.6) is 0 Å². The lowest BCUT2D eigenvalue weighted by atomic mass is 10.2. The third-order valence-electron chi connectivity index (χ3n) is 4.52. The van der Waals surface area contributed by atoms with Crippen LogP contribution < -0.4 is 5.32 Å². The molecule has 0 aliphatic rings. The average Bonchev–Trinajstić information content (AvgIpc) is 3.04. The monoisotopic (exact) mass is 369 g/mol. The van der Waals surface area contributed by atoms with Crippen molar-refractivity contribution in [3.05, 3.63) is 77.7 Å². The maximum Gasteiger partial charge on any atom is 0.160 e. The van der Waals surface area contributed by atoms with E-state index in [9.17, 15) is 0 Å². The van der Waals surface area contributed by atoms with Crippen LogP contribution in [-0.2, 0) is 13.5 Å². The number of hydrogen-bond acceptors (Lipinski definition) is 4. The van der Waals surface area contributed by atoms with Gasteiger partial charge in [-0.2, -0.15) is 5.10 Å². The summed E-state index contributed by atoms with van der Waals surface area (Å²) >= 11 is 0. The molecule has 140 valence electrons. The molecule has 2 heterocycles. The molecule has 5 heteroatoms. The summed E-state index contributed by atoms with van der Waals surface area (Å²) in [4.78, 5) is 9.59. The smallest absolute Gasteiger partial charge is 0.160 e. The van der Waals surface area contributed by atoms with Gasteiger partial charge in [-0.15, -0.1) is 0 Å². The molecule has 0 fully saturated rings. The average molecular weight is 369 g/mol. The fourth-order valence-electron chi connectivity index (χ4n) is 3.22. The maximum absolute atomic E-state index is 4.81. The predicted molar refractivity (Wildman–Crippen MR) is 115 cm³/mol. The van der Waals surface area contributed by atoms with E-state index in [4.69, 9.17) is 15.1 Å². The highest BCUT2D eigenvalue weighted by Crippen LogP contribution is 2.27. The number of aryl methyl sites for hydroxylation is 2. The van der Waals surface area contributed by atoms with Gasteiger partial charge in [-0.05, 0) is 30.2 Å². The maximum atomic E-state index is 4.81. The fourth-order valence-corrected chi connectivity index (χ4v) is 3.22. The summed E-state index contributed by atoms with van der Waals surface area (Å²) in [5, 5.41) is 8.13. The first-order chi connectivity index (χ1) is 13.7. The van der Waals surface area contributed by atoms with Crippen LogP contribution >= 0.6 is 0 Å². The molecule has 0 bridgehead atoms. The summed E-state index contributed by atoms with van der Waals surface area (Å²) in [6, 6.07) is 20.2. The van der Waals surface area contributed by atoms with Crippen molar-refractivity contribution >= 4 is 34.7 Å². The number of rotatable bonds is 6. The molecule has 2 aromatic heterocycles. The Hall–Kier alpha value is -3.47. The molecule has 0 atom stereocenters. The zero-order chi connectivity index (χ0) is 19.3. The van der Waals surface area contributed by atoms with Gasteiger partial charge in [0.1, 0.15) is 11.0 Å². The minimum atomic E-state index is 0.667. The van der Waals surface area contributed by atoms with E-state index in [1.165, 1.54) is 0 Å². The molecule has 0 unspecified atom stereocenters. The van der Waals surface area contributed by atoms with Crippen LogP contribution in [0.1, 0.15) is 30.4 Å². The van der Waals surface area contributed by atoms with Gasteiger partial charge in [0.2, 0.25) is 0 Å². The Kier molecular flexibility index (Phi) is 5.15. The first-order valence-corrected chi connectivity index (χ1v) is 9.53. The lowest BCUT2D eigenvalue weighted by Gasteiger charge is -2.09. The van der Waals surface area contributed by atoms with E-state index in [2.05, 4.69) is 24.4 Å². The fraction of sp³-hybridized carbons (Fsp3) is 0.174. The summed E-state index contributed by atoms with van der Waals surface area (Å²) in [7, 11) is 1.94. The molecule has 2 aromatic carbocycles. The molecular weight excluding hydrogens is 346 g/mol. The number of anilines is 2. The highest BCUT2D eigenvalue weighted by atomic mass is 15.3. The molecular formula is C23H23N5. The molecule has 0 saturated carbocycles. The van der Waals surface area contributed by atoms with Crippen LogP contribution in [0.4, 0.5) is 11.5 Å². The Morgan fingerprint density at radius 2 is 1.64 bits per heavy atom. The van der Waals surface area contributed by atoms with Gasteiger partial charge < -0.3 is 5.32 Å². The van der Waals surface area contributed by atoms with Crippen molar-refractivity contribution in [3.63, 3.8) is 0 Å². The standard InChI is InChI=1S/C23H23N5/c1-3-10-19-21-22(28(2)27-19)23(24-18-13-8-5-9-14-18)26-20(25-21)16-15-17-11-6-4-7-12-17/h4-9,11-16H,3,10H2,1-2H3,(H,24,25,26)/b16-15+. The zero-order valence-electron chi connectivity index (χ0n) is 16.1. The van der Waals surface area contributed by atoms with Crippen molar-refractivity contribution in [2.45, 2.75) is 19.8 Å². The molecule has 0 radical (unpaired) electrons. The number of nitrogens with zero attached hydrogens (tertiary/aromatic N) is 4. The second-order valence-electron chi connectivity index (χ2n) is 6.68. The molecule has 0 aliphatic heterocycles. The van der Waals surface area contributed by atoms with Crippen molar-refractivity contribution in [1.29, 1.82) is 0 Å². The summed E-state index contributed by atoms with van der Waals surface area (Å²) in [5.74, 6) is 1.43. The number of para-hydroxylation sites is 1. The topological polar surface area (TPSA) is 55.6 Å². The number of aromatic nitrogens is 4. The summed E-state index contributed by atoms with van der Waals surface area (Å²) in [6.45, 7) is 2.15. The third kappa shape index (κ3) is 3.78. The Morgan fingerprint density at radius 3 is 2.36 bits per heavy atom. The van der Waals surface area contributed by atoms with E-state index in [1.54, 1.807) is 0 Å². The lowest BCUT2D eigenvalue weighted by Crippen LogP contribution is -2.01. The highest BCUT2D eigenvalue weighted by Gasteiger charge is 2.16. The van der Waals surface area contributed by atoms with Crippen molar-refractivity contribution < 1.29 is 0 Å². The van der Waals surface area contributed by atoms with Gasteiger partial charge >= 0.3 is 0 Å². The van der Waals surface area contributed by atoms with Gasteiger partial charge in [0.05, 0.1) is 5.69 Å². The highest BCUT2D eigenvalue weighted by molar-refractivity contribution is 5.90. The Morgan fingerprint density at radius 1 is 0.929 bits per heavy atom. The minimum absolute atomic E-state index is 0.667. The lowest BCUT2D eigenvalue weighted by molar-refractivity contribution is 0.753. The van der Waals surface area contributed by atoms with Crippen LogP contribution in [0.25, 0.3) is 23.2 Å². The van der Waals surface area contributed by atoms with E-state index in [1.807, 2.05) is 72.4 Å². The molecule has 0 spiro atoms. The second-order valence-corrected chi connectivity index (χ2v) is 6.68.